The predicted molar refractivity (Wildman–Crippen MR) is 64.3 cm³/mol. The summed E-state index contributed by atoms with van der Waals surface area (Å²) in [6.07, 6.45) is 2.15. The Bertz CT molecular complexity index is 373. The lowest BCUT2D eigenvalue weighted by Gasteiger charge is -2.07. The molecule has 0 unspecified atom stereocenters. The minimum Gasteiger partial charge on any atom is -0.335 e. The summed E-state index contributed by atoms with van der Waals surface area (Å²) in [6, 6.07) is 5.46. The summed E-state index contributed by atoms with van der Waals surface area (Å²) in [7, 11) is 0. The van der Waals surface area contributed by atoms with Crippen molar-refractivity contribution in [1.82, 2.24) is 5.32 Å². The number of carbonyl (C=O) groups excluding carboxylic acids is 1. The third-order valence-electron chi connectivity index (χ3n) is 2.03. The highest BCUT2D eigenvalue weighted by Gasteiger charge is 2.23. The molecular weight excluding hydrogens is 279 g/mol. The molecule has 0 heterocycles. The highest BCUT2D eigenvalue weighted by Crippen LogP contribution is 2.23. The molecule has 0 aromatic heterocycles. The minimum atomic E-state index is -0.174. The van der Waals surface area contributed by atoms with E-state index in [0.29, 0.717) is 16.8 Å². The van der Waals surface area contributed by atoms with E-state index in [2.05, 4.69) is 26.6 Å². The first-order chi connectivity index (χ1) is 7.13. The van der Waals surface area contributed by atoms with Crippen LogP contribution in [0.2, 0.25) is 5.02 Å². The van der Waals surface area contributed by atoms with E-state index in [9.17, 15) is 4.79 Å². The molecule has 1 aromatic rings. The topological polar surface area (TPSA) is 41.1 Å². The van der Waals surface area contributed by atoms with Crippen LogP contribution in [-0.2, 0) is 0 Å². The van der Waals surface area contributed by atoms with Crippen molar-refractivity contribution in [2.45, 2.75) is 18.9 Å². The zero-order valence-electron chi connectivity index (χ0n) is 7.89. The summed E-state index contributed by atoms with van der Waals surface area (Å²) in [5.74, 6) is 0. The highest BCUT2D eigenvalue weighted by molar-refractivity contribution is 9.10. The van der Waals surface area contributed by atoms with Crippen molar-refractivity contribution in [2.24, 2.45) is 0 Å². The van der Waals surface area contributed by atoms with Crippen molar-refractivity contribution in [3.63, 3.8) is 0 Å². The second-order valence-corrected chi connectivity index (χ2v) is 4.88. The Labute approximate surface area is 101 Å². The van der Waals surface area contributed by atoms with Gasteiger partial charge in [-0.25, -0.2) is 4.79 Å². The molecule has 1 aliphatic rings. The zero-order chi connectivity index (χ0) is 10.8. The number of carbonyl (C=O) groups is 1. The maximum Gasteiger partial charge on any atom is 0.319 e. The van der Waals surface area contributed by atoms with Crippen LogP contribution in [0, 0.1) is 0 Å². The number of hydrogen-bond donors (Lipinski definition) is 2. The van der Waals surface area contributed by atoms with Crippen molar-refractivity contribution in [1.29, 1.82) is 0 Å². The van der Waals surface area contributed by atoms with Crippen LogP contribution in [0.3, 0.4) is 0 Å². The standard InChI is InChI=1S/C10H10BrClN2O/c11-6-3-7(12)5-9(4-6)14-10(15)13-8-1-2-8/h3-5,8H,1-2H2,(H2,13,14,15). The molecule has 0 bridgehead atoms. The second-order valence-electron chi connectivity index (χ2n) is 3.53. The fourth-order valence-corrected chi connectivity index (χ4v) is 2.07. The Morgan fingerprint density at radius 3 is 2.73 bits per heavy atom. The molecule has 3 nitrogen and oxygen atoms in total. The molecule has 1 aromatic carbocycles. The average molecular weight is 290 g/mol. The minimum absolute atomic E-state index is 0.174. The van der Waals surface area contributed by atoms with E-state index in [1.807, 2.05) is 0 Å². The van der Waals surface area contributed by atoms with E-state index in [1.165, 1.54) is 0 Å². The summed E-state index contributed by atoms with van der Waals surface area (Å²) >= 11 is 9.16. The molecule has 2 amide bonds. The van der Waals surface area contributed by atoms with Crippen LogP contribution < -0.4 is 10.6 Å². The lowest BCUT2D eigenvalue weighted by Crippen LogP contribution is -2.30. The Kier molecular flexibility index (Phi) is 3.17. The Hall–Kier alpha value is -0.740. The van der Waals surface area contributed by atoms with Crippen LogP contribution in [-0.4, -0.2) is 12.1 Å². The molecule has 80 valence electrons. The molecule has 1 saturated carbocycles. The maximum atomic E-state index is 11.4. The van der Waals surface area contributed by atoms with E-state index < -0.39 is 0 Å². The zero-order valence-corrected chi connectivity index (χ0v) is 10.2. The molecule has 5 heteroatoms. The van der Waals surface area contributed by atoms with Gasteiger partial charge in [0.15, 0.2) is 0 Å². The number of amides is 2. The quantitative estimate of drug-likeness (QED) is 0.861. The van der Waals surface area contributed by atoms with E-state index in [4.69, 9.17) is 11.6 Å². The fourth-order valence-electron chi connectivity index (χ4n) is 1.21. The molecule has 15 heavy (non-hydrogen) atoms. The lowest BCUT2D eigenvalue weighted by atomic mass is 10.3. The lowest BCUT2D eigenvalue weighted by molar-refractivity contribution is 0.251. The number of nitrogens with one attached hydrogen (secondary N) is 2. The van der Waals surface area contributed by atoms with E-state index in [0.717, 1.165) is 17.3 Å². The summed E-state index contributed by atoms with van der Waals surface area (Å²) in [5, 5.41) is 6.15. The highest BCUT2D eigenvalue weighted by atomic mass is 79.9. The van der Waals surface area contributed by atoms with Gasteiger partial charge < -0.3 is 10.6 Å². The van der Waals surface area contributed by atoms with Gasteiger partial charge in [-0.1, -0.05) is 27.5 Å². The van der Waals surface area contributed by atoms with E-state index in [-0.39, 0.29) is 6.03 Å². The van der Waals surface area contributed by atoms with Gasteiger partial charge in [-0.05, 0) is 31.0 Å². The number of rotatable bonds is 2. The first kappa shape index (κ1) is 10.8. The second kappa shape index (κ2) is 4.41. The van der Waals surface area contributed by atoms with Crippen LogP contribution >= 0.6 is 27.5 Å². The van der Waals surface area contributed by atoms with Gasteiger partial charge in [0.25, 0.3) is 0 Å². The van der Waals surface area contributed by atoms with E-state index >= 15 is 0 Å². The molecule has 2 N–H and O–H groups in total. The molecule has 2 rings (SSSR count). The van der Waals surface area contributed by atoms with Crippen molar-refractivity contribution in [2.75, 3.05) is 5.32 Å². The van der Waals surface area contributed by atoms with Crippen LogP contribution in [0.15, 0.2) is 22.7 Å². The number of benzene rings is 1. The third kappa shape index (κ3) is 3.39. The number of halogens is 2. The van der Waals surface area contributed by atoms with Crippen LogP contribution in [0.25, 0.3) is 0 Å². The molecule has 0 aliphatic heterocycles. The van der Waals surface area contributed by atoms with Gasteiger partial charge in [0.1, 0.15) is 0 Å². The van der Waals surface area contributed by atoms with Gasteiger partial charge in [-0.3, -0.25) is 0 Å². The predicted octanol–water partition coefficient (Wildman–Crippen LogP) is 3.39. The molecule has 0 spiro atoms. The molecule has 0 saturated heterocycles. The molecular formula is C10H10BrClN2O. The smallest absolute Gasteiger partial charge is 0.319 e. The Morgan fingerprint density at radius 1 is 1.40 bits per heavy atom. The maximum absolute atomic E-state index is 11.4. The third-order valence-corrected chi connectivity index (χ3v) is 2.71. The first-order valence-electron chi connectivity index (χ1n) is 4.67. The van der Waals surface area contributed by atoms with Crippen molar-refractivity contribution in [3.05, 3.63) is 27.7 Å². The molecule has 1 fully saturated rings. The molecule has 0 atom stereocenters. The largest absolute Gasteiger partial charge is 0.335 e. The van der Waals surface area contributed by atoms with Crippen LogP contribution in [0.4, 0.5) is 10.5 Å². The van der Waals surface area contributed by atoms with E-state index in [1.54, 1.807) is 18.2 Å². The number of urea groups is 1. The van der Waals surface area contributed by atoms with Gasteiger partial charge in [0.05, 0.1) is 0 Å². The number of anilines is 1. The van der Waals surface area contributed by atoms with Gasteiger partial charge in [0.2, 0.25) is 0 Å². The first-order valence-corrected chi connectivity index (χ1v) is 5.84. The Balaban J connectivity index is 1.99. The summed E-state index contributed by atoms with van der Waals surface area (Å²) in [4.78, 5) is 11.4. The molecule has 0 radical (unpaired) electrons. The molecule has 1 aliphatic carbocycles. The van der Waals surface area contributed by atoms with Crippen molar-refractivity contribution in [3.8, 4) is 0 Å². The van der Waals surface area contributed by atoms with Gasteiger partial charge in [-0.15, -0.1) is 0 Å². The normalized spacial score (nSPS) is 14.8. The fraction of sp³-hybridized carbons (Fsp3) is 0.300. The van der Waals surface area contributed by atoms with Gasteiger partial charge in [-0.2, -0.15) is 0 Å². The van der Waals surface area contributed by atoms with Crippen LogP contribution in [0.1, 0.15) is 12.8 Å². The summed E-state index contributed by atoms with van der Waals surface area (Å²) in [5.41, 5.74) is 0.688. The SMILES string of the molecule is O=C(Nc1cc(Cl)cc(Br)c1)NC1CC1. The van der Waals surface area contributed by atoms with Gasteiger partial charge in [0, 0.05) is 21.2 Å². The number of hydrogen-bond acceptors (Lipinski definition) is 1. The summed E-state index contributed by atoms with van der Waals surface area (Å²) in [6.45, 7) is 0. The van der Waals surface area contributed by atoms with Gasteiger partial charge >= 0.3 is 6.03 Å². The average Bonchev–Trinajstić information content (AvgIpc) is 2.85. The monoisotopic (exact) mass is 288 g/mol. The van der Waals surface area contributed by atoms with Crippen molar-refractivity contribution >= 4 is 39.2 Å². The Morgan fingerprint density at radius 2 is 2.13 bits per heavy atom. The summed E-state index contributed by atoms with van der Waals surface area (Å²) < 4.78 is 0.844. The van der Waals surface area contributed by atoms with Crippen LogP contribution in [0.5, 0.6) is 0 Å². The van der Waals surface area contributed by atoms with Crippen molar-refractivity contribution < 1.29 is 4.79 Å².